The summed E-state index contributed by atoms with van der Waals surface area (Å²) in [7, 11) is 0. The molecule has 3 heteroatoms. The highest BCUT2D eigenvalue weighted by molar-refractivity contribution is 9.10. The summed E-state index contributed by atoms with van der Waals surface area (Å²) >= 11 is 3.46. The first-order valence-electron chi connectivity index (χ1n) is 5.50. The minimum Gasteiger partial charge on any atom is -0.398 e. The molecule has 1 aliphatic heterocycles. The smallest absolute Gasteiger partial charge is 0.0460 e. The van der Waals surface area contributed by atoms with E-state index < -0.39 is 0 Å². The summed E-state index contributed by atoms with van der Waals surface area (Å²) in [5.41, 5.74) is 7.85. The largest absolute Gasteiger partial charge is 0.398 e. The van der Waals surface area contributed by atoms with E-state index in [1.54, 1.807) is 0 Å². The van der Waals surface area contributed by atoms with Crippen molar-refractivity contribution in [2.75, 3.05) is 23.7 Å². The molecule has 2 nitrogen and oxygen atoms in total. The summed E-state index contributed by atoms with van der Waals surface area (Å²) in [6.07, 6.45) is 2.65. The second-order valence-electron chi connectivity index (χ2n) is 4.27. The number of nitrogens with zero attached hydrogens (tertiary/aromatic N) is 1. The number of rotatable bonds is 3. The molecule has 2 rings (SSSR count). The third kappa shape index (κ3) is 2.28. The first-order chi connectivity index (χ1) is 7.20. The molecule has 1 saturated heterocycles. The van der Waals surface area contributed by atoms with Crippen LogP contribution in [0.1, 0.15) is 19.8 Å². The fourth-order valence-electron chi connectivity index (χ4n) is 2.08. The SMILES string of the molecule is CCCC1CN(c2ccc(N)c(Br)c2)C1. The standard InChI is InChI=1S/C12H17BrN2/c1-2-3-9-7-15(8-9)10-4-5-12(14)11(13)6-10/h4-6,9H,2-3,7-8,14H2,1H3. The van der Waals surface area contributed by atoms with E-state index in [0.717, 1.165) is 16.1 Å². The first kappa shape index (κ1) is 10.8. The fourth-order valence-corrected chi connectivity index (χ4v) is 2.45. The van der Waals surface area contributed by atoms with E-state index in [2.05, 4.69) is 39.9 Å². The molecule has 0 aliphatic carbocycles. The van der Waals surface area contributed by atoms with E-state index in [1.807, 2.05) is 6.07 Å². The van der Waals surface area contributed by atoms with Crippen LogP contribution in [0.5, 0.6) is 0 Å². The van der Waals surface area contributed by atoms with Gasteiger partial charge in [-0.2, -0.15) is 0 Å². The van der Waals surface area contributed by atoms with E-state index in [-0.39, 0.29) is 0 Å². The molecular formula is C12H17BrN2. The number of halogens is 1. The average Bonchev–Trinajstić information content (AvgIpc) is 2.16. The molecule has 1 heterocycles. The molecule has 15 heavy (non-hydrogen) atoms. The van der Waals surface area contributed by atoms with Crippen LogP contribution in [0, 0.1) is 5.92 Å². The highest BCUT2D eigenvalue weighted by Crippen LogP contribution is 2.31. The van der Waals surface area contributed by atoms with Gasteiger partial charge in [0.1, 0.15) is 0 Å². The number of hydrogen-bond donors (Lipinski definition) is 1. The predicted octanol–water partition coefficient (Wildman–Crippen LogP) is 3.27. The Bertz CT molecular complexity index is 345. The molecule has 2 N–H and O–H groups in total. The third-order valence-electron chi connectivity index (χ3n) is 3.00. The summed E-state index contributed by atoms with van der Waals surface area (Å²) in [5, 5.41) is 0. The second kappa shape index (κ2) is 4.44. The number of benzene rings is 1. The van der Waals surface area contributed by atoms with Crippen LogP contribution >= 0.6 is 15.9 Å². The highest BCUT2D eigenvalue weighted by Gasteiger charge is 2.25. The lowest BCUT2D eigenvalue weighted by Crippen LogP contribution is -2.46. The molecular weight excluding hydrogens is 252 g/mol. The molecule has 82 valence electrons. The van der Waals surface area contributed by atoms with Gasteiger partial charge in [0.2, 0.25) is 0 Å². The molecule has 1 aliphatic rings. The van der Waals surface area contributed by atoms with Gasteiger partial charge in [-0.1, -0.05) is 13.3 Å². The highest BCUT2D eigenvalue weighted by atomic mass is 79.9. The van der Waals surface area contributed by atoms with E-state index in [1.165, 1.54) is 31.6 Å². The second-order valence-corrected chi connectivity index (χ2v) is 5.12. The topological polar surface area (TPSA) is 29.3 Å². The van der Waals surface area contributed by atoms with E-state index in [9.17, 15) is 0 Å². The van der Waals surface area contributed by atoms with Gasteiger partial charge in [-0.3, -0.25) is 0 Å². The first-order valence-corrected chi connectivity index (χ1v) is 6.30. The van der Waals surface area contributed by atoms with Gasteiger partial charge in [0, 0.05) is 28.9 Å². The molecule has 1 aromatic rings. The molecule has 0 radical (unpaired) electrons. The number of nitrogen functional groups attached to an aromatic ring is 1. The van der Waals surface area contributed by atoms with E-state index in [0.29, 0.717) is 0 Å². The van der Waals surface area contributed by atoms with Crippen molar-refractivity contribution >= 4 is 27.3 Å². The lowest BCUT2D eigenvalue weighted by Gasteiger charge is -2.41. The van der Waals surface area contributed by atoms with Gasteiger partial charge in [-0.25, -0.2) is 0 Å². The minimum absolute atomic E-state index is 0.810. The van der Waals surface area contributed by atoms with Gasteiger partial charge in [0.25, 0.3) is 0 Å². The van der Waals surface area contributed by atoms with Gasteiger partial charge in [-0.05, 0) is 46.5 Å². The summed E-state index contributed by atoms with van der Waals surface area (Å²) in [5.74, 6) is 0.895. The Labute approximate surface area is 99.6 Å². The maximum Gasteiger partial charge on any atom is 0.0460 e. The zero-order valence-corrected chi connectivity index (χ0v) is 10.6. The van der Waals surface area contributed by atoms with E-state index in [4.69, 9.17) is 5.73 Å². The minimum atomic E-state index is 0.810. The lowest BCUT2D eigenvalue weighted by molar-refractivity contribution is 0.380. The predicted molar refractivity (Wildman–Crippen MR) is 69.2 cm³/mol. The van der Waals surface area contributed by atoms with Crippen molar-refractivity contribution in [3.63, 3.8) is 0 Å². The third-order valence-corrected chi connectivity index (χ3v) is 3.69. The number of hydrogen-bond acceptors (Lipinski definition) is 2. The lowest BCUT2D eigenvalue weighted by atomic mass is 9.94. The Morgan fingerprint density at radius 3 is 2.80 bits per heavy atom. The number of nitrogens with two attached hydrogens (primary N) is 1. The van der Waals surface area contributed by atoms with Crippen LogP contribution in [-0.4, -0.2) is 13.1 Å². The Morgan fingerprint density at radius 2 is 2.20 bits per heavy atom. The molecule has 0 saturated carbocycles. The zero-order valence-electron chi connectivity index (χ0n) is 9.04. The summed E-state index contributed by atoms with van der Waals surface area (Å²) < 4.78 is 0.999. The van der Waals surface area contributed by atoms with Crippen molar-refractivity contribution in [2.24, 2.45) is 5.92 Å². The molecule has 0 unspecified atom stereocenters. The van der Waals surface area contributed by atoms with Crippen LogP contribution in [0.2, 0.25) is 0 Å². The van der Waals surface area contributed by atoms with Gasteiger partial charge < -0.3 is 10.6 Å². The molecule has 0 atom stereocenters. The van der Waals surface area contributed by atoms with Gasteiger partial charge in [0.05, 0.1) is 0 Å². The van der Waals surface area contributed by atoms with Crippen molar-refractivity contribution < 1.29 is 0 Å². The van der Waals surface area contributed by atoms with Crippen molar-refractivity contribution in [3.05, 3.63) is 22.7 Å². The van der Waals surface area contributed by atoms with Crippen LogP contribution < -0.4 is 10.6 Å². The monoisotopic (exact) mass is 268 g/mol. The quantitative estimate of drug-likeness (QED) is 0.853. The van der Waals surface area contributed by atoms with Crippen molar-refractivity contribution in [2.45, 2.75) is 19.8 Å². The molecule has 1 aromatic carbocycles. The molecule has 0 amide bonds. The molecule has 0 bridgehead atoms. The number of anilines is 2. The average molecular weight is 269 g/mol. The van der Waals surface area contributed by atoms with Crippen molar-refractivity contribution in [3.8, 4) is 0 Å². The Morgan fingerprint density at radius 1 is 1.47 bits per heavy atom. The van der Waals surface area contributed by atoms with Crippen molar-refractivity contribution in [1.82, 2.24) is 0 Å². The van der Waals surface area contributed by atoms with Crippen LogP contribution in [0.3, 0.4) is 0 Å². The van der Waals surface area contributed by atoms with E-state index >= 15 is 0 Å². The van der Waals surface area contributed by atoms with Crippen LogP contribution in [0.15, 0.2) is 22.7 Å². The van der Waals surface area contributed by atoms with Gasteiger partial charge >= 0.3 is 0 Å². The Balaban J connectivity index is 1.98. The van der Waals surface area contributed by atoms with Crippen LogP contribution in [-0.2, 0) is 0 Å². The van der Waals surface area contributed by atoms with Gasteiger partial charge in [-0.15, -0.1) is 0 Å². The van der Waals surface area contributed by atoms with Gasteiger partial charge in [0.15, 0.2) is 0 Å². The zero-order chi connectivity index (χ0) is 10.8. The molecule has 0 spiro atoms. The summed E-state index contributed by atoms with van der Waals surface area (Å²) in [6.45, 7) is 4.65. The Hall–Kier alpha value is -0.700. The molecule has 1 fully saturated rings. The van der Waals surface area contributed by atoms with Crippen LogP contribution in [0.4, 0.5) is 11.4 Å². The normalized spacial score (nSPS) is 16.5. The maximum atomic E-state index is 5.76. The fraction of sp³-hybridized carbons (Fsp3) is 0.500. The Kier molecular flexibility index (Phi) is 3.19. The molecule has 0 aromatic heterocycles. The summed E-state index contributed by atoms with van der Waals surface area (Å²) in [4.78, 5) is 2.41. The maximum absolute atomic E-state index is 5.76. The van der Waals surface area contributed by atoms with Crippen LogP contribution in [0.25, 0.3) is 0 Å². The summed E-state index contributed by atoms with van der Waals surface area (Å²) in [6, 6.07) is 6.17. The van der Waals surface area contributed by atoms with Crippen molar-refractivity contribution in [1.29, 1.82) is 0 Å².